The van der Waals surface area contributed by atoms with Gasteiger partial charge < -0.3 is 14.8 Å². The molecule has 0 aliphatic carbocycles. The van der Waals surface area contributed by atoms with Crippen molar-refractivity contribution in [2.75, 3.05) is 55.3 Å². The van der Waals surface area contributed by atoms with Crippen molar-refractivity contribution in [3.8, 4) is 5.75 Å². The number of nitrogens with one attached hydrogen (secondary N) is 1. The molecule has 184 valence electrons. The Bertz CT molecular complexity index is 1220. The standard InChI is InChI=1S/C22H27N3O7S2/c1-3-13-32-20-6-4-5-18(16-20)23-22(26)17-25(33(2,27)28)19-7-9-21(10-8-19)34(29,30)24-11-14-31-15-12-24/h3-10,16H,1,11-15,17H2,2H3,(H,23,26). The topological polar surface area (TPSA) is 122 Å². The van der Waals surface area contributed by atoms with Crippen molar-refractivity contribution in [3.63, 3.8) is 0 Å². The monoisotopic (exact) mass is 509 g/mol. The smallest absolute Gasteiger partial charge is 0.245 e. The Hall–Kier alpha value is -2.93. The fourth-order valence-electron chi connectivity index (χ4n) is 3.27. The quantitative estimate of drug-likeness (QED) is 0.484. The van der Waals surface area contributed by atoms with E-state index in [0.717, 1.165) is 10.6 Å². The van der Waals surface area contributed by atoms with Crippen LogP contribution >= 0.6 is 0 Å². The average Bonchev–Trinajstić information content (AvgIpc) is 2.81. The highest BCUT2D eigenvalue weighted by molar-refractivity contribution is 7.92. The second kappa shape index (κ2) is 11.0. The first kappa shape index (κ1) is 25.7. The average molecular weight is 510 g/mol. The van der Waals surface area contributed by atoms with Crippen molar-refractivity contribution < 1.29 is 31.1 Å². The van der Waals surface area contributed by atoms with E-state index in [9.17, 15) is 21.6 Å². The van der Waals surface area contributed by atoms with Crippen LogP contribution in [0.2, 0.25) is 0 Å². The summed E-state index contributed by atoms with van der Waals surface area (Å²) in [6.45, 7) is 4.52. The minimum atomic E-state index is -3.83. The zero-order chi connectivity index (χ0) is 24.8. The Morgan fingerprint density at radius 2 is 1.82 bits per heavy atom. The van der Waals surface area contributed by atoms with E-state index in [2.05, 4.69) is 11.9 Å². The number of rotatable bonds is 10. The first-order chi connectivity index (χ1) is 16.1. The van der Waals surface area contributed by atoms with Crippen LogP contribution in [0.25, 0.3) is 0 Å². The molecule has 1 heterocycles. The number of benzene rings is 2. The molecule has 1 aliphatic rings. The minimum absolute atomic E-state index is 0.0346. The van der Waals surface area contributed by atoms with E-state index in [0.29, 0.717) is 31.3 Å². The second-order valence-corrected chi connectivity index (χ2v) is 11.3. The molecule has 1 aliphatic heterocycles. The summed E-state index contributed by atoms with van der Waals surface area (Å²) in [6, 6.07) is 12.1. The third-order valence-corrected chi connectivity index (χ3v) is 7.96. The summed E-state index contributed by atoms with van der Waals surface area (Å²) in [5.41, 5.74) is 0.605. The number of hydrogen-bond donors (Lipinski definition) is 1. The number of amides is 1. The van der Waals surface area contributed by atoms with Gasteiger partial charge in [0.05, 0.1) is 30.1 Å². The van der Waals surface area contributed by atoms with Crippen LogP contribution in [0.4, 0.5) is 11.4 Å². The SMILES string of the molecule is C=CCOc1cccc(NC(=O)CN(c2ccc(S(=O)(=O)N3CCOCC3)cc2)S(C)(=O)=O)c1. The van der Waals surface area contributed by atoms with Crippen molar-refractivity contribution in [3.05, 3.63) is 61.2 Å². The van der Waals surface area contributed by atoms with Crippen LogP contribution in [0.15, 0.2) is 66.1 Å². The predicted molar refractivity (Wildman–Crippen MR) is 129 cm³/mol. The maximum atomic E-state index is 12.8. The van der Waals surface area contributed by atoms with Crippen molar-refractivity contribution >= 4 is 37.3 Å². The fourth-order valence-corrected chi connectivity index (χ4v) is 5.53. The Morgan fingerprint density at radius 3 is 2.44 bits per heavy atom. The van der Waals surface area contributed by atoms with Gasteiger partial charge in [0.1, 0.15) is 18.9 Å². The molecule has 10 nitrogen and oxygen atoms in total. The molecule has 0 saturated carbocycles. The molecule has 0 spiro atoms. The van der Waals surface area contributed by atoms with Gasteiger partial charge in [0.15, 0.2) is 0 Å². The summed E-state index contributed by atoms with van der Waals surface area (Å²) >= 11 is 0. The number of sulfonamides is 2. The highest BCUT2D eigenvalue weighted by Crippen LogP contribution is 2.23. The molecule has 3 rings (SSSR count). The molecule has 1 amide bonds. The first-order valence-corrected chi connectivity index (χ1v) is 13.7. The third-order valence-electron chi connectivity index (χ3n) is 4.91. The number of hydrogen-bond acceptors (Lipinski definition) is 7. The summed E-state index contributed by atoms with van der Waals surface area (Å²) in [5, 5.41) is 2.64. The molecule has 0 atom stereocenters. The van der Waals surface area contributed by atoms with Gasteiger partial charge in [0.25, 0.3) is 0 Å². The van der Waals surface area contributed by atoms with Gasteiger partial charge in [-0.05, 0) is 36.4 Å². The maximum absolute atomic E-state index is 12.8. The number of ether oxygens (including phenoxy) is 2. The highest BCUT2D eigenvalue weighted by atomic mass is 32.2. The van der Waals surface area contributed by atoms with Gasteiger partial charge in [-0.3, -0.25) is 9.10 Å². The van der Waals surface area contributed by atoms with Gasteiger partial charge >= 0.3 is 0 Å². The van der Waals surface area contributed by atoms with E-state index in [1.165, 1.54) is 28.6 Å². The van der Waals surface area contributed by atoms with Gasteiger partial charge in [0.2, 0.25) is 26.0 Å². The molecule has 0 unspecified atom stereocenters. The zero-order valence-corrected chi connectivity index (χ0v) is 20.3. The Kier molecular flexibility index (Phi) is 8.31. The lowest BCUT2D eigenvalue weighted by molar-refractivity contribution is -0.114. The van der Waals surface area contributed by atoms with Crippen LogP contribution in [-0.2, 0) is 29.6 Å². The molecular formula is C22H27N3O7S2. The molecule has 2 aromatic rings. The number of morpholine rings is 1. The second-order valence-electron chi connectivity index (χ2n) is 7.46. The van der Waals surface area contributed by atoms with Crippen molar-refractivity contribution in [1.29, 1.82) is 0 Å². The highest BCUT2D eigenvalue weighted by Gasteiger charge is 2.27. The molecule has 0 radical (unpaired) electrons. The molecule has 1 saturated heterocycles. The predicted octanol–water partition coefficient (Wildman–Crippen LogP) is 1.68. The Morgan fingerprint density at radius 1 is 1.15 bits per heavy atom. The third kappa shape index (κ3) is 6.56. The van der Waals surface area contributed by atoms with E-state index in [1.54, 1.807) is 30.3 Å². The molecule has 0 aromatic heterocycles. The van der Waals surface area contributed by atoms with E-state index in [-0.39, 0.29) is 23.7 Å². The molecule has 34 heavy (non-hydrogen) atoms. The van der Waals surface area contributed by atoms with Crippen molar-refractivity contribution in [1.82, 2.24) is 4.31 Å². The molecular weight excluding hydrogens is 482 g/mol. The normalized spacial score (nSPS) is 14.9. The van der Waals surface area contributed by atoms with Crippen LogP contribution in [0.5, 0.6) is 5.75 Å². The Balaban J connectivity index is 1.75. The summed E-state index contributed by atoms with van der Waals surface area (Å²) in [5.74, 6) is -0.0500. The molecule has 12 heteroatoms. The van der Waals surface area contributed by atoms with Crippen LogP contribution < -0.4 is 14.4 Å². The summed E-state index contributed by atoms with van der Waals surface area (Å²) in [6.07, 6.45) is 2.56. The summed E-state index contributed by atoms with van der Waals surface area (Å²) < 4.78 is 63.2. The van der Waals surface area contributed by atoms with Crippen LogP contribution in [0.1, 0.15) is 0 Å². The van der Waals surface area contributed by atoms with Crippen LogP contribution in [0.3, 0.4) is 0 Å². The number of anilines is 2. The molecule has 0 bridgehead atoms. The maximum Gasteiger partial charge on any atom is 0.245 e. The number of carbonyl (C=O) groups excluding carboxylic acids is 1. The van der Waals surface area contributed by atoms with Crippen molar-refractivity contribution in [2.24, 2.45) is 0 Å². The van der Waals surface area contributed by atoms with Gasteiger partial charge in [-0.1, -0.05) is 18.7 Å². The van der Waals surface area contributed by atoms with E-state index in [1.807, 2.05) is 0 Å². The molecule has 2 aromatic carbocycles. The van der Waals surface area contributed by atoms with Gasteiger partial charge in [-0.2, -0.15) is 4.31 Å². The summed E-state index contributed by atoms with van der Waals surface area (Å²) in [4.78, 5) is 12.6. The first-order valence-electron chi connectivity index (χ1n) is 10.4. The van der Waals surface area contributed by atoms with Crippen molar-refractivity contribution in [2.45, 2.75) is 4.90 Å². The van der Waals surface area contributed by atoms with Gasteiger partial charge in [-0.25, -0.2) is 16.8 Å². The van der Waals surface area contributed by atoms with Gasteiger partial charge in [-0.15, -0.1) is 0 Å². The van der Waals surface area contributed by atoms with Crippen LogP contribution in [0, 0.1) is 0 Å². The zero-order valence-electron chi connectivity index (χ0n) is 18.7. The lowest BCUT2D eigenvalue weighted by Gasteiger charge is -2.26. The number of carbonyl (C=O) groups is 1. The fraction of sp³-hybridized carbons (Fsp3) is 0.318. The van der Waals surface area contributed by atoms with E-state index in [4.69, 9.17) is 9.47 Å². The lowest BCUT2D eigenvalue weighted by atomic mass is 10.3. The minimum Gasteiger partial charge on any atom is -0.489 e. The van der Waals surface area contributed by atoms with E-state index < -0.39 is 32.5 Å². The Labute approximate surface area is 199 Å². The lowest BCUT2D eigenvalue weighted by Crippen LogP contribution is -2.40. The van der Waals surface area contributed by atoms with Gasteiger partial charge in [0, 0.05) is 24.8 Å². The largest absolute Gasteiger partial charge is 0.489 e. The molecule has 1 N–H and O–H groups in total. The van der Waals surface area contributed by atoms with E-state index >= 15 is 0 Å². The summed E-state index contributed by atoms with van der Waals surface area (Å²) in [7, 11) is -7.56. The van der Waals surface area contributed by atoms with Crippen LogP contribution in [-0.4, -0.2) is 72.8 Å². The number of nitrogens with zero attached hydrogens (tertiary/aromatic N) is 2. The molecule has 1 fully saturated rings.